The van der Waals surface area contributed by atoms with Crippen LogP contribution in [-0.2, 0) is 11.3 Å². The number of hydrogen-bond acceptors (Lipinski definition) is 5. The first kappa shape index (κ1) is 15.6. The van der Waals surface area contributed by atoms with E-state index in [1.165, 1.54) is 18.0 Å². The fraction of sp³-hybridized carbons (Fsp3) is 0.353. The van der Waals surface area contributed by atoms with E-state index in [0.29, 0.717) is 11.4 Å². The van der Waals surface area contributed by atoms with Crippen molar-refractivity contribution in [2.45, 2.75) is 13.5 Å². The van der Waals surface area contributed by atoms with Gasteiger partial charge in [-0.25, -0.2) is 9.97 Å². The Morgan fingerprint density at radius 2 is 1.83 bits per heavy atom. The molecular formula is C17H20N4O2. The van der Waals surface area contributed by atoms with Gasteiger partial charge >= 0.3 is 0 Å². The number of aromatic nitrogens is 2. The molecule has 0 spiro atoms. The van der Waals surface area contributed by atoms with Crippen molar-refractivity contribution >= 4 is 11.6 Å². The monoisotopic (exact) mass is 312 g/mol. The summed E-state index contributed by atoms with van der Waals surface area (Å²) in [6, 6.07) is 7.92. The Balaban J connectivity index is 1.58. The number of morpholine rings is 1. The second-order valence-electron chi connectivity index (χ2n) is 5.56. The van der Waals surface area contributed by atoms with E-state index < -0.39 is 0 Å². The molecule has 3 rings (SSSR count). The van der Waals surface area contributed by atoms with Gasteiger partial charge in [0.2, 0.25) is 0 Å². The van der Waals surface area contributed by atoms with Crippen molar-refractivity contribution in [3.63, 3.8) is 0 Å². The first-order valence-electron chi connectivity index (χ1n) is 7.70. The molecule has 6 nitrogen and oxygen atoms in total. The molecule has 0 bridgehead atoms. The molecule has 2 heterocycles. The molecule has 23 heavy (non-hydrogen) atoms. The van der Waals surface area contributed by atoms with Gasteiger partial charge in [-0.15, -0.1) is 0 Å². The summed E-state index contributed by atoms with van der Waals surface area (Å²) in [5.74, 6) is 0.444. The molecule has 0 atom stereocenters. The molecule has 0 radical (unpaired) electrons. The van der Waals surface area contributed by atoms with Crippen molar-refractivity contribution in [3.8, 4) is 0 Å². The third kappa shape index (κ3) is 4.34. The van der Waals surface area contributed by atoms with Crippen LogP contribution in [0.1, 0.15) is 21.7 Å². The number of amides is 1. The Bertz CT molecular complexity index is 649. The van der Waals surface area contributed by atoms with Crippen LogP contribution < -0.4 is 5.32 Å². The summed E-state index contributed by atoms with van der Waals surface area (Å²) >= 11 is 0. The van der Waals surface area contributed by atoms with Gasteiger partial charge in [0.25, 0.3) is 5.91 Å². The van der Waals surface area contributed by atoms with Gasteiger partial charge < -0.3 is 10.1 Å². The van der Waals surface area contributed by atoms with Gasteiger partial charge in [-0.05, 0) is 24.6 Å². The van der Waals surface area contributed by atoms with Gasteiger partial charge in [0, 0.05) is 37.7 Å². The van der Waals surface area contributed by atoms with Crippen LogP contribution in [0.3, 0.4) is 0 Å². The lowest BCUT2D eigenvalue weighted by atomic mass is 10.2. The van der Waals surface area contributed by atoms with E-state index in [4.69, 9.17) is 4.74 Å². The van der Waals surface area contributed by atoms with Crippen molar-refractivity contribution in [1.82, 2.24) is 14.9 Å². The molecule has 0 unspecified atom stereocenters. The van der Waals surface area contributed by atoms with Crippen LogP contribution in [0.25, 0.3) is 0 Å². The zero-order valence-electron chi connectivity index (χ0n) is 13.2. The highest BCUT2D eigenvalue weighted by atomic mass is 16.5. The highest BCUT2D eigenvalue weighted by molar-refractivity contribution is 6.03. The Morgan fingerprint density at radius 3 is 2.48 bits per heavy atom. The smallest absolute Gasteiger partial charge is 0.258 e. The van der Waals surface area contributed by atoms with Gasteiger partial charge in [0.15, 0.2) is 0 Å². The largest absolute Gasteiger partial charge is 0.379 e. The van der Waals surface area contributed by atoms with Crippen LogP contribution in [0.2, 0.25) is 0 Å². The summed E-state index contributed by atoms with van der Waals surface area (Å²) in [5.41, 5.74) is 2.44. The maximum absolute atomic E-state index is 12.1. The molecule has 120 valence electrons. The molecular weight excluding hydrogens is 292 g/mol. The predicted octanol–water partition coefficient (Wildman–Crippen LogP) is 1.87. The molecule has 1 fully saturated rings. The molecule has 6 heteroatoms. The number of aryl methyl sites for hydroxylation is 1. The van der Waals surface area contributed by atoms with Crippen molar-refractivity contribution in [3.05, 3.63) is 53.6 Å². The Labute approximate surface area is 135 Å². The van der Waals surface area contributed by atoms with Crippen LogP contribution >= 0.6 is 0 Å². The summed E-state index contributed by atoms with van der Waals surface area (Å²) in [6.07, 6.45) is 3.06. The quantitative estimate of drug-likeness (QED) is 0.933. The van der Waals surface area contributed by atoms with Crippen LogP contribution in [-0.4, -0.2) is 47.1 Å². The fourth-order valence-corrected chi connectivity index (χ4v) is 2.42. The van der Waals surface area contributed by atoms with Crippen molar-refractivity contribution in [2.75, 3.05) is 31.6 Å². The van der Waals surface area contributed by atoms with Crippen molar-refractivity contribution in [2.24, 2.45) is 0 Å². The summed E-state index contributed by atoms with van der Waals surface area (Å²) in [5, 5.41) is 2.86. The Kier molecular flexibility index (Phi) is 4.95. The molecule has 1 aromatic heterocycles. The molecule has 1 amide bonds. The molecule has 1 N–H and O–H groups in total. The number of carbonyl (C=O) groups excluding carboxylic acids is 1. The molecule has 1 aromatic carbocycles. The number of carbonyl (C=O) groups is 1. The minimum absolute atomic E-state index is 0.203. The topological polar surface area (TPSA) is 67.4 Å². The minimum atomic E-state index is -0.203. The number of ether oxygens (including phenoxy) is 1. The van der Waals surface area contributed by atoms with Gasteiger partial charge in [-0.2, -0.15) is 0 Å². The number of benzene rings is 1. The second-order valence-corrected chi connectivity index (χ2v) is 5.56. The number of anilines is 1. The highest BCUT2D eigenvalue weighted by Crippen LogP contribution is 2.13. The third-order valence-electron chi connectivity index (χ3n) is 3.76. The number of nitrogens with zero attached hydrogens (tertiary/aromatic N) is 3. The summed E-state index contributed by atoms with van der Waals surface area (Å²) < 4.78 is 5.35. The summed E-state index contributed by atoms with van der Waals surface area (Å²) in [4.78, 5) is 22.5. The fourth-order valence-electron chi connectivity index (χ4n) is 2.42. The molecule has 0 aliphatic carbocycles. The molecule has 1 saturated heterocycles. The van der Waals surface area contributed by atoms with Crippen molar-refractivity contribution in [1.29, 1.82) is 0 Å². The zero-order valence-corrected chi connectivity index (χ0v) is 13.2. The van der Waals surface area contributed by atoms with E-state index in [2.05, 4.69) is 20.2 Å². The standard InChI is InChI=1S/C17H20N4O2/c1-13-18-10-15(11-19-13)17(22)20-16-4-2-14(3-5-16)12-21-6-8-23-9-7-21/h2-5,10-11H,6-9,12H2,1H3,(H,20,22). The lowest BCUT2D eigenvalue weighted by molar-refractivity contribution is 0.0342. The van der Waals surface area contributed by atoms with E-state index in [1.807, 2.05) is 24.3 Å². The summed E-state index contributed by atoms with van der Waals surface area (Å²) in [7, 11) is 0. The molecule has 1 aliphatic rings. The van der Waals surface area contributed by atoms with Gasteiger partial charge in [-0.3, -0.25) is 9.69 Å². The van der Waals surface area contributed by atoms with Gasteiger partial charge in [-0.1, -0.05) is 12.1 Å². The van der Waals surface area contributed by atoms with E-state index >= 15 is 0 Å². The second kappa shape index (κ2) is 7.30. The third-order valence-corrected chi connectivity index (χ3v) is 3.76. The lowest BCUT2D eigenvalue weighted by Gasteiger charge is -2.26. The van der Waals surface area contributed by atoms with Crippen LogP contribution in [0.4, 0.5) is 5.69 Å². The van der Waals surface area contributed by atoms with Crippen LogP contribution in [0.15, 0.2) is 36.7 Å². The number of nitrogens with one attached hydrogen (secondary N) is 1. The predicted molar refractivity (Wildman–Crippen MR) is 87.3 cm³/mol. The van der Waals surface area contributed by atoms with Crippen LogP contribution in [0, 0.1) is 6.92 Å². The Hall–Kier alpha value is -2.31. The van der Waals surface area contributed by atoms with Crippen molar-refractivity contribution < 1.29 is 9.53 Å². The summed E-state index contributed by atoms with van der Waals surface area (Å²) in [6.45, 7) is 6.22. The minimum Gasteiger partial charge on any atom is -0.379 e. The van der Waals surface area contributed by atoms with E-state index in [9.17, 15) is 4.79 Å². The molecule has 2 aromatic rings. The maximum atomic E-state index is 12.1. The van der Waals surface area contributed by atoms with Crippen LogP contribution in [0.5, 0.6) is 0 Å². The Morgan fingerprint density at radius 1 is 1.17 bits per heavy atom. The van der Waals surface area contributed by atoms with E-state index in [1.54, 1.807) is 6.92 Å². The number of hydrogen-bond donors (Lipinski definition) is 1. The SMILES string of the molecule is Cc1ncc(C(=O)Nc2ccc(CN3CCOCC3)cc2)cn1. The normalized spacial score (nSPS) is 15.3. The van der Waals surface area contributed by atoms with E-state index in [0.717, 1.165) is 38.5 Å². The number of rotatable bonds is 4. The molecule has 0 saturated carbocycles. The average Bonchev–Trinajstić information content (AvgIpc) is 2.58. The molecule has 1 aliphatic heterocycles. The first-order chi connectivity index (χ1) is 11.2. The first-order valence-corrected chi connectivity index (χ1v) is 7.70. The van der Waals surface area contributed by atoms with E-state index in [-0.39, 0.29) is 5.91 Å². The zero-order chi connectivity index (χ0) is 16.1. The highest BCUT2D eigenvalue weighted by Gasteiger charge is 2.11. The van der Waals surface area contributed by atoms with Gasteiger partial charge in [0.1, 0.15) is 5.82 Å². The maximum Gasteiger partial charge on any atom is 0.258 e. The van der Waals surface area contributed by atoms with Gasteiger partial charge in [0.05, 0.1) is 18.8 Å². The lowest BCUT2D eigenvalue weighted by Crippen LogP contribution is -2.35. The average molecular weight is 312 g/mol.